The predicted octanol–water partition coefficient (Wildman–Crippen LogP) is 9.64. The number of hydrogen-bond acceptors (Lipinski definition) is 4. The highest BCUT2D eigenvalue weighted by Crippen LogP contribution is 2.36. The molecule has 0 saturated carbocycles. The molecule has 0 radical (unpaired) electrons. The van der Waals surface area contributed by atoms with Crippen LogP contribution in [-0.2, 0) is 12.4 Å². The minimum Gasteiger partial charge on any atom is -0.255 e. The maximum Gasteiger partial charge on any atom is 0.416 e. The third-order valence-corrected chi connectivity index (χ3v) is 6.86. The predicted molar refractivity (Wildman–Crippen MR) is 155 cm³/mol. The van der Waals surface area contributed by atoms with Crippen molar-refractivity contribution < 1.29 is 26.3 Å². The fraction of sp³-hybridized carbons (Fsp3) is 0.0588. The van der Waals surface area contributed by atoms with Gasteiger partial charge in [-0.2, -0.15) is 26.3 Å². The molecule has 0 aliphatic rings. The molecule has 0 atom stereocenters. The van der Waals surface area contributed by atoms with Crippen LogP contribution in [0, 0.1) is 0 Å². The van der Waals surface area contributed by atoms with Gasteiger partial charge in [0.15, 0.2) is 0 Å². The second-order valence-corrected chi connectivity index (χ2v) is 9.83. The van der Waals surface area contributed by atoms with Gasteiger partial charge >= 0.3 is 12.4 Å². The number of rotatable bonds is 5. The first-order chi connectivity index (χ1) is 21.0. The molecule has 2 aromatic carbocycles. The van der Waals surface area contributed by atoms with Crippen molar-refractivity contribution in [2.75, 3.05) is 0 Å². The molecule has 0 unspecified atom stereocenters. The molecule has 0 aliphatic carbocycles. The summed E-state index contributed by atoms with van der Waals surface area (Å²) in [4.78, 5) is 18.4. The van der Waals surface area contributed by atoms with Gasteiger partial charge in [-0.15, -0.1) is 0 Å². The van der Waals surface area contributed by atoms with Gasteiger partial charge in [-0.3, -0.25) is 9.97 Å². The van der Waals surface area contributed by atoms with Gasteiger partial charge in [0.1, 0.15) is 0 Å². The molecular weight excluding hydrogens is 578 g/mol. The average molecular weight is 599 g/mol. The Labute approximate surface area is 247 Å². The lowest BCUT2D eigenvalue weighted by atomic mass is 9.99. The van der Waals surface area contributed by atoms with Crippen molar-refractivity contribution in [3.8, 4) is 56.4 Å². The number of aromatic nitrogens is 4. The number of nitrogens with zero attached hydrogens (tertiary/aromatic N) is 4. The highest BCUT2D eigenvalue weighted by Gasteiger charge is 2.31. The number of alkyl halides is 6. The highest BCUT2D eigenvalue weighted by molar-refractivity contribution is 5.79. The van der Waals surface area contributed by atoms with E-state index in [-0.39, 0.29) is 0 Å². The summed E-state index contributed by atoms with van der Waals surface area (Å²) in [6.45, 7) is 0. The van der Waals surface area contributed by atoms with Gasteiger partial charge in [-0.1, -0.05) is 36.4 Å². The molecule has 6 aromatic rings. The molecule has 6 rings (SSSR count). The van der Waals surface area contributed by atoms with E-state index in [1.165, 1.54) is 24.3 Å². The molecule has 0 N–H and O–H groups in total. The number of hydrogen-bond donors (Lipinski definition) is 0. The molecule has 4 aromatic heterocycles. The highest BCUT2D eigenvalue weighted by atomic mass is 19.4. The maximum atomic E-state index is 13.2. The molecule has 218 valence electrons. The SMILES string of the molecule is FC(F)(F)c1ccc(-c2cc(-c3ccccn3)nc(-c3cc(-c4ccc(C(F)(F)F)cc4)cc(-c4ccccn4)n3)c2)cc1. The second-order valence-electron chi connectivity index (χ2n) is 9.83. The number of halogens is 6. The third kappa shape index (κ3) is 6.19. The molecule has 4 heterocycles. The average Bonchev–Trinajstić information content (AvgIpc) is 3.04. The van der Waals surface area contributed by atoms with Crippen LogP contribution in [-0.4, -0.2) is 19.9 Å². The Morgan fingerprint density at radius 2 is 0.705 bits per heavy atom. The van der Waals surface area contributed by atoms with Gasteiger partial charge in [0.05, 0.1) is 45.3 Å². The lowest BCUT2D eigenvalue weighted by Crippen LogP contribution is -2.04. The molecule has 44 heavy (non-hydrogen) atoms. The van der Waals surface area contributed by atoms with Gasteiger partial charge in [0.2, 0.25) is 0 Å². The molecule has 0 aliphatic heterocycles. The zero-order chi connectivity index (χ0) is 30.9. The molecule has 4 nitrogen and oxygen atoms in total. The van der Waals surface area contributed by atoms with Crippen LogP contribution in [0.2, 0.25) is 0 Å². The van der Waals surface area contributed by atoms with Crippen molar-refractivity contribution in [2.45, 2.75) is 12.4 Å². The van der Waals surface area contributed by atoms with Crippen LogP contribution < -0.4 is 0 Å². The molecule has 0 spiro atoms. The van der Waals surface area contributed by atoms with Crippen LogP contribution in [0.4, 0.5) is 26.3 Å². The Hall–Kier alpha value is -5.38. The Morgan fingerprint density at radius 3 is 1.00 bits per heavy atom. The van der Waals surface area contributed by atoms with Gasteiger partial charge < -0.3 is 0 Å². The summed E-state index contributed by atoms with van der Waals surface area (Å²) in [5.74, 6) is 0. The van der Waals surface area contributed by atoms with Crippen LogP contribution in [0.1, 0.15) is 11.1 Å². The van der Waals surface area contributed by atoms with Gasteiger partial charge in [-0.05, 0) is 95.1 Å². The van der Waals surface area contributed by atoms with E-state index in [4.69, 9.17) is 9.97 Å². The number of pyridine rings is 4. The van der Waals surface area contributed by atoms with E-state index in [1.807, 2.05) is 0 Å². The zero-order valence-corrected chi connectivity index (χ0v) is 22.6. The molecular formula is C34H20F6N4. The number of benzene rings is 2. The minimum absolute atomic E-state index is 0.383. The van der Waals surface area contributed by atoms with E-state index in [9.17, 15) is 26.3 Å². The Bertz CT molecular complexity index is 1760. The summed E-state index contributed by atoms with van der Waals surface area (Å²) >= 11 is 0. The van der Waals surface area contributed by atoms with Gasteiger partial charge in [-0.25, -0.2) is 9.97 Å². The van der Waals surface area contributed by atoms with Crippen molar-refractivity contribution in [3.05, 3.63) is 133 Å². The topological polar surface area (TPSA) is 51.6 Å². The largest absolute Gasteiger partial charge is 0.416 e. The second kappa shape index (κ2) is 11.4. The van der Waals surface area contributed by atoms with Gasteiger partial charge in [0, 0.05) is 12.4 Å². The van der Waals surface area contributed by atoms with Crippen molar-refractivity contribution in [1.82, 2.24) is 19.9 Å². The summed E-state index contributed by atoms with van der Waals surface area (Å²) in [6.07, 6.45) is -5.76. The van der Waals surface area contributed by atoms with E-state index >= 15 is 0 Å². The first-order valence-electron chi connectivity index (χ1n) is 13.3. The molecule has 0 fully saturated rings. The standard InChI is InChI=1S/C34H20F6N4/c35-33(36,37)25-11-7-21(8-12-25)23-17-29(27-5-1-3-15-41-27)43-31(19-23)32-20-24(18-30(44-32)28-6-2-4-16-42-28)22-9-13-26(14-10-22)34(38,39)40/h1-20H. The quantitative estimate of drug-likeness (QED) is 0.186. The van der Waals surface area contributed by atoms with E-state index < -0.39 is 23.5 Å². The summed E-state index contributed by atoms with van der Waals surface area (Å²) < 4.78 is 79.4. The summed E-state index contributed by atoms with van der Waals surface area (Å²) in [5.41, 5.74) is 3.39. The maximum absolute atomic E-state index is 13.2. The van der Waals surface area contributed by atoms with Crippen LogP contribution in [0.3, 0.4) is 0 Å². The summed E-state index contributed by atoms with van der Waals surface area (Å²) in [6, 6.07) is 27.0. The van der Waals surface area contributed by atoms with Crippen LogP contribution >= 0.6 is 0 Å². The lowest BCUT2D eigenvalue weighted by molar-refractivity contribution is -0.138. The Morgan fingerprint density at radius 1 is 0.364 bits per heavy atom. The monoisotopic (exact) mass is 598 g/mol. The summed E-state index contributed by atoms with van der Waals surface area (Å²) in [7, 11) is 0. The molecule has 10 heteroatoms. The smallest absolute Gasteiger partial charge is 0.255 e. The molecule has 0 bridgehead atoms. The summed E-state index contributed by atoms with van der Waals surface area (Å²) in [5, 5.41) is 0. The fourth-order valence-corrected chi connectivity index (χ4v) is 4.65. The molecule has 0 amide bonds. The minimum atomic E-state index is -4.48. The van der Waals surface area contributed by atoms with Crippen LogP contribution in [0.15, 0.2) is 122 Å². The lowest BCUT2D eigenvalue weighted by Gasteiger charge is -2.13. The van der Waals surface area contributed by atoms with E-state index in [1.54, 1.807) is 73.1 Å². The Kier molecular flexibility index (Phi) is 7.42. The van der Waals surface area contributed by atoms with E-state index in [0.29, 0.717) is 56.4 Å². The van der Waals surface area contributed by atoms with E-state index in [2.05, 4.69) is 9.97 Å². The van der Waals surface area contributed by atoms with E-state index in [0.717, 1.165) is 24.3 Å². The first kappa shape index (κ1) is 28.7. The third-order valence-electron chi connectivity index (χ3n) is 6.86. The fourth-order valence-electron chi connectivity index (χ4n) is 4.65. The first-order valence-corrected chi connectivity index (χ1v) is 13.3. The van der Waals surface area contributed by atoms with Crippen molar-refractivity contribution in [3.63, 3.8) is 0 Å². The van der Waals surface area contributed by atoms with Crippen molar-refractivity contribution in [1.29, 1.82) is 0 Å². The van der Waals surface area contributed by atoms with Crippen molar-refractivity contribution in [2.24, 2.45) is 0 Å². The van der Waals surface area contributed by atoms with Crippen LogP contribution in [0.25, 0.3) is 56.4 Å². The normalized spacial score (nSPS) is 11.9. The van der Waals surface area contributed by atoms with Crippen LogP contribution in [0.5, 0.6) is 0 Å². The van der Waals surface area contributed by atoms with Crippen molar-refractivity contribution >= 4 is 0 Å². The zero-order valence-electron chi connectivity index (χ0n) is 22.6. The Balaban J connectivity index is 1.53. The van der Waals surface area contributed by atoms with Gasteiger partial charge in [0.25, 0.3) is 0 Å². The molecule has 0 saturated heterocycles.